The van der Waals surface area contributed by atoms with E-state index in [-0.39, 0.29) is 11.7 Å². The van der Waals surface area contributed by atoms with E-state index in [1.165, 1.54) is 18.2 Å². The molecule has 0 spiro atoms. The molecule has 1 N–H and O–H groups in total. The van der Waals surface area contributed by atoms with E-state index in [2.05, 4.69) is 22.1 Å². The summed E-state index contributed by atoms with van der Waals surface area (Å²) in [5.74, 6) is 5.34. The molecule has 0 aliphatic rings. The first-order valence-corrected chi connectivity index (χ1v) is 7.97. The number of halogens is 1. The zero-order chi connectivity index (χ0) is 18.2. The van der Waals surface area contributed by atoms with E-state index < -0.39 is 0 Å². The number of carbonyl (C=O) groups is 1. The summed E-state index contributed by atoms with van der Waals surface area (Å²) in [6.45, 7) is 0. The second-order valence-electron chi connectivity index (χ2n) is 5.42. The van der Waals surface area contributed by atoms with Crippen LogP contribution in [0.3, 0.4) is 0 Å². The SMILES string of the molecule is O=C(C=Cc1cccc(F)c1)Nc1cccc(C#Cc2ccccn2)c1. The summed E-state index contributed by atoms with van der Waals surface area (Å²) in [4.78, 5) is 16.2. The van der Waals surface area contributed by atoms with Crippen LogP contribution in [0.4, 0.5) is 10.1 Å². The molecule has 0 saturated carbocycles. The van der Waals surface area contributed by atoms with Crippen LogP contribution in [-0.4, -0.2) is 10.9 Å². The first-order chi connectivity index (χ1) is 12.7. The van der Waals surface area contributed by atoms with Crippen molar-refractivity contribution >= 4 is 17.7 Å². The van der Waals surface area contributed by atoms with Gasteiger partial charge in [-0.25, -0.2) is 9.37 Å². The number of aromatic nitrogens is 1. The lowest BCUT2D eigenvalue weighted by Gasteiger charge is -2.02. The number of nitrogens with one attached hydrogen (secondary N) is 1. The molecule has 1 aromatic heterocycles. The second-order valence-corrected chi connectivity index (χ2v) is 5.42. The molecule has 3 aromatic rings. The van der Waals surface area contributed by atoms with Gasteiger partial charge in [-0.3, -0.25) is 4.79 Å². The van der Waals surface area contributed by atoms with E-state index in [1.54, 1.807) is 36.5 Å². The number of hydrogen-bond donors (Lipinski definition) is 1. The summed E-state index contributed by atoms with van der Waals surface area (Å²) >= 11 is 0. The fourth-order valence-electron chi connectivity index (χ4n) is 2.21. The van der Waals surface area contributed by atoms with Gasteiger partial charge in [0.2, 0.25) is 5.91 Å². The van der Waals surface area contributed by atoms with Crippen molar-refractivity contribution in [3.8, 4) is 11.8 Å². The second kappa shape index (κ2) is 8.41. The maximum Gasteiger partial charge on any atom is 0.248 e. The highest BCUT2D eigenvalue weighted by atomic mass is 19.1. The van der Waals surface area contributed by atoms with Gasteiger partial charge in [0, 0.05) is 23.5 Å². The Bertz CT molecular complexity index is 1000. The molecular weight excluding hydrogens is 327 g/mol. The number of amides is 1. The topological polar surface area (TPSA) is 42.0 Å². The van der Waals surface area contributed by atoms with Gasteiger partial charge < -0.3 is 5.32 Å². The van der Waals surface area contributed by atoms with E-state index in [1.807, 2.05) is 30.3 Å². The molecule has 0 fully saturated rings. The van der Waals surface area contributed by atoms with Gasteiger partial charge in [-0.05, 0) is 60.0 Å². The fourth-order valence-corrected chi connectivity index (χ4v) is 2.21. The maximum absolute atomic E-state index is 13.1. The van der Waals surface area contributed by atoms with Crippen molar-refractivity contribution in [3.63, 3.8) is 0 Å². The van der Waals surface area contributed by atoms with Crippen LogP contribution in [0.5, 0.6) is 0 Å². The van der Waals surface area contributed by atoms with Gasteiger partial charge in [-0.15, -0.1) is 0 Å². The first kappa shape index (κ1) is 17.1. The molecule has 3 nitrogen and oxygen atoms in total. The largest absolute Gasteiger partial charge is 0.322 e. The molecule has 3 rings (SSSR count). The normalized spacial score (nSPS) is 10.2. The van der Waals surface area contributed by atoms with Crippen LogP contribution in [0.1, 0.15) is 16.8 Å². The van der Waals surface area contributed by atoms with Crippen LogP contribution in [0.15, 0.2) is 79.0 Å². The lowest BCUT2D eigenvalue weighted by Crippen LogP contribution is -2.07. The molecule has 4 heteroatoms. The Morgan fingerprint density at radius 2 is 1.88 bits per heavy atom. The maximum atomic E-state index is 13.1. The highest BCUT2D eigenvalue weighted by Crippen LogP contribution is 2.11. The summed E-state index contributed by atoms with van der Waals surface area (Å²) in [6.07, 6.45) is 4.61. The van der Waals surface area contributed by atoms with Gasteiger partial charge in [0.15, 0.2) is 0 Å². The van der Waals surface area contributed by atoms with Crippen LogP contribution in [0.25, 0.3) is 6.08 Å². The number of rotatable bonds is 3. The van der Waals surface area contributed by atoms with Crippen molar-refractivity contribution < 1.29 is 9.18 Å². The molecule has 0 unspecified atom stereocenters. The Morgan fingerprint density at radius 1 is 1.00 bits per heavy atom. The molecule has 26 heavy (non-hydrogen) atoms. The molecular formula is C22H15FN2O. The van der Waals surface area contributed by atoms with E-state index in [4.69, 9.17) is 0 Å². The molecule has 0 atom stereocenters. The molecule has 0 saturated heterocycles. The lowest BCUT2D eigenvalue weighted by molar-refractivity contribution is -0.111. The molecule has 2 aromatic carbocycles. The van der Waals surface area contributed by atoms with Crippen molar-refractivity contribution in [2.75, 3.05) is 5.32 Å². The minimum atomic E-state index is -0.341. The zero-order valence-corrected chi connectivity index (χ0v) is 13.8. The van der Waals surface area contributed by atoms with Gasteiger partial charge in [-0.2, -0.15) is 0 Å². The summed E-state index contributed by atoms with van der Waals surface area (Å²) in [5.41, 5.74) is 2.70. The van der Waals surface area contributed by atoms with Crippen LogP contribution in [0, 0.1) is 17.7 Å². The third-order valence-corrected chi connectivity index (χ3v) is 3.41. The molecule has 0 bridgehead atoms. The Balaban J connectivity index is 1.67. The van der Waals surface area contributed by atoms with Crippen molar-refractivity contribution in [1.82, 2.24) is 4.98 Å². The van der Waals surface area contributed by atoms with Crippen molar-refractivity contribution in [2.24, 2.45) is 0 Å². The van der Waals surface area contributed by atoms with Crippen molar-refractivity contribution in [2.45, 2.75) is 0 Å². The predicted octanol–water partition coefficient (Wildman–Crippen LogP) is 4.27. The Hall–Kier alpha value is -3.71. The zero-order valence-electron chi connectivity index (χ0n) is 13.8. The van der Waals surface area contributed by atoms with Gasteiger partial charge in [0.05, 0.1) is 0 Å². The standard InChI is InChI=1S/C22H15FN2O/c23-19-7-3-5-17(15-19)11-13-22(26)25-21-9-4-6-18(16-21)10-12-20-8-1-2-14-24-20/h1-9,11,13-16H,(H,25,26). The molecule has 1 heterocycles. The first-order valence-electron chi connectivity index (χ1n) is 7.97. The number of anilines is 1. The average Bonchev–Trinajstić information content (AvgIpc) is 2.66. The number of hydrogen-bond acceptors (Lipinski definition) is 2. The van der Waals surface area contributed by atoms with Crippen LogP contribution in [-0.2, 0) is 4.79 Å². The van der Waals surface area contributed by atoms with Gasteiger partial charge in [0.25, 0.3) is 0 Å². The third kappa shape index (κ3) is 5.15. The minimum absolute atomic E-state index is 0.302. The number of carbonyl (C=O) groups excluding carboxylic acids is 1. The number of pyridine rings is 1. The summed E-state index contributed by atoms with van der Waals surface area (Å²) in [5, 5.41) is 2.76. The van der Waals surface area contributed by atoms with Crippen LogP contribution in [0.2, 0.25) is 0 Å². The minimum Gasteiger partial charge on any atom is -0.322 e. The van der Waals surface area contributed by atoms with Gasteiger partial charge in [-0.1, -0.05) is 30.2 Å². The molecule has 1 amide bonds. The molecule has 0 radical (unpaired) electrons. The predicted molar refractivity (Wildman–Crippen MR) is 101 cm³/mol. The van der Waals surface area contributed by atoms with Crippen molar-refractivity contribution in [3.05, 3.63) is 102 Å². The molecule has 0 aliphatic carbocycles. The quantitative estimate of drug-likeness (QED) is 0.570. The highest BCUT2D eigenvalue weighted by molar-refractivity contribution is 6.02. The van der Waals surface area contributed by atoms with Crippen LogP contribution < -0.4 is 5.32 Å². The molecule has 0 aliphatic heterocycles. The summed E-state index contributed by atoms with van der Waals surface area (Å²) in [7, 11) is 0. The summed E-state index contributed by atoms with van der Waals surface area (Å²) in [6, 6.07) is 18.8. The fraction of sp³-hybridized carbons (Fsp3) is 0. The van der Waals surface area contributed by atoms with E-state index >= 15 is 0 Å². The lowest BCUT2D eigenvalue weighted by atomic mass is 10.2. The average molecular weight is 342 g/mol. The van der Waals surface area contributed by atoms with Crippen molar-refractivity contribution in [1.29, 1.82) is 0 Å². The smallest absolute Gasteiger partial charge is 0.248 e. The van der Waals surface area contributed by atoms with Crippen LogP contribution >= 0.6 is 0 Å². The van der Waals surface area contributed by atoms with E-state index in [0.717, 1.165) is 5.56 Å². The number of nitrogens with zero attached hydrogens (tertiary/aromatic N) is 1. The summed E-state index contributed by atoms with van der Waals surface area (Å²) < 4.78 is 13.1. The Morgan fingerprint density at radius 3 is 2.69 bits per heavy atom. The molecule has 126 valence electrons. The Labute approximate surface area is 151 Å². The number of benzene rings is 2. The van der Waals surface area contributed by atoms with E-state index in [9.17, 15) is 9.18 Å². The Kier molecular flexibility index (Phi) is 5.54. The van der Waals surface area contributed by atoms with Gasteiger partial charge >= 0.3 is 0 Å². The highest BCUT2D eigenvalue weighted by Gasteiger charge is 1.99. The van der Waals surface area contributed by atoms with Gasteiger partial charge in [0.1, 0.15) is 11.5 Å². The third-order valence-electron chi connectivity index (χ3n) is 3.41. The monoisotopic (exact) mass is 342 g/mol. The van der Waals surface area contributed by atoms with E-state index in [0.29, 0.717) is 16.9 Å².